The Morgan fingerprint density at radius 1 is 1.35 bits per heavy atom. The lowest BCUT2D eigenvalue weighted by atomic mass is 9.95. The van der Waals surface area contributed by atoms with Crippen molar-refractivity contribution < 1.29 is 9.90 Å². The highest BCUT2D eigenvalue weighted by Crippen LogP contribution is 2.17. The molecule has 0 saturated carbocycles. The predicted molar refractivity (Wildman–Crippen MR) is 79.5 cm³/mol. The Morgan fingerprint density at radius 2 is 2.10 bits per heavy atom. The molecule has 4 heteroatoms. The first kappa shape index (κ1) is 15.0. The van der Waals surface area contributed by atoms with Crippen LogP contribution in [-0.2, 0) is 11.3 Å². The first-order valence-electron chi connectivity index (χ1n) is 7.35. The molecular weight excluding hydrogens is 252 g/mol. The van der Waals surface area contributed by atoms with Gasteiger partial charge in [0.15, 0.2) is 0 Å². The molecule has 4 nitrogen and oxygen atoms in total. The van der Waals surface area contributed by atoms with E-state index in [1.54, 1.807) is 0 Å². The second kappa shape index (κ2) is 7.41. The van der Waals surface area contributed by atoms with E-state index in [0.717, 1.165) is 26.1 Å². The quantitative estimate of drug-likeness (QED) is 0.834. The molecule has 1 aliphatic heterocycles. The van der Waals surface area contributed by atoms with Crippen molar-refractivity contribution >= 4 is 5.97 Å². The van der Waals surface area contributed by atoms with Crippen LogP contribution >= 0.6 is 0 Å². The maximum atomic E-state index is 10.7. The number of benzene rings is 1. The molecule has 0 radical (unpaired) electrons. The van der Waals surface area contributed by atoms with Gasteiger partial charge in [0.05, 0.1) is 6.42 Å². The van der Waals surface area contributed by atoms with E-state index in [9.17, 15) is 4.79 Å². The molecule has 0 aromatic heterocycles. The smallest absolute Gasteiger partial charge is 0.304 e. The minimum absolute atomic E-state index is 0.234. The average molecular weight is 276 g/mol. The minimum Gasteiger partial charge on any atom is -0.481 e. The Kier molecular flexibility index (Phi) is 5.56. The number of nitrogens with one attached hydrogen (secondary N) is 1. The normalized spacial score (nSPS) is 23.6. The molecule has 2 unspecified atom stereocenters. The lowest BCUT2D eigenvalue weighted by Gasteiger charge is -2.36. The number of hydrogen-bond donors (Lipinski definition) is 2. The molecule has 2 rings (SSSR count). The van der Waals surface area contributed by atoms with Crippen LogP contribution in [0.25, 0.3) is 0 Å². The van der Waals surface area contributed by atoms with Crippen molar-refractivity contribution in [2.24, 2.45) is 5.92 Å². The van der Waals surface area contributed by atoms with Crippen molar-refractivity contribution in [3.05, 3.63) is 35.9 Å². The van der Waals surface area contributed by atoms with E-state index >= 15 is 0 Å². The second-order valence-electron chi connectivity index (χ2n) is 5.81. The van der Waals surface area contributed by atoms with E-state index in [4.69, 9.17) is 5.11 Å². The van der Waals surface area contributed by atoms with Gasteiger partial charge in [0.2, 0.25) is 0 Å². The monoisotopic (exact) mass is 276 g/mol. The van der Waals surface area contributed by atoms with Gasteiger partial charge in [0.25, 0.3) is 0 Å². The van der Waals surface area contributed by atoms with E-state index in [2.05, 4.69) is 41.4 Å². The number of rotatable bonds is 6. The summed E-state index contributed by atoms with van der Waals surface area (Å²) < 4.78 is 0. The SMILES string of the molecule is CC1CC(NCc2ccccc2)CN(CCC(=O)O)C1. The summed E-state index contributed by atoms with van der Waals surface area (Å²) >= 11 is 0. The van der Waals surface area contributed by atoms with Crippen LogP contribution in [0.15, 0.2) is 30.3 Å². The van der Waals surface area contributed by atoms with Gasteiger partial charge in [-0.3, -0.25) is 4.79 Å². The Hall–Kier alpha value is -1.39. The minimum atomic E-state index is -0.711. The lowest BCUT2D eigenvalue weighted by molar-refractivity contribution is -0.137. The average Bonchev–Trinajstić information content (AvgIpc) is 2.44. The van der Waals surface area contributed by atoms with Gasteiger partial charge in [-0.15, -0.1) is 0 Å². The van der Waals surface area contributed by atoms with Crippen LogP contribution < -0.4 is 5.32 Å². The number of aliphatic carboxylic acids is 1. The van der Waals surface area contributed by atoms with Crippen LogP contribution in [0.5, 0.6) is 0 Å². The summed E-state index contributed by atoms with van der Waals surface area (Å²) in [6.45, 7) is 5.74. The largest absolute Gasteiger partial charge is 0.481 e. The number of carbonyl (C=O) groups is 1. The molecule has 0 amide bonds. The number of likely N-dealkylation sites (tertiary alicyclic amines) is 1. The van der Waals surface area contributed by atoms with Crippen molar-refractivity contribution in [1.29, 1.82) is 0 Å². The number of carboxylic acid groups (broad SMARTS) is 1. The van der Waals surface area contributed by atoms with Gasteiger partial charge in [0, 0.05) is 32.2 Å². The highest BCUT2D eigenvalue weighted by Gasteiger charge is 2.24. The van der Waals surface area contributed by atoms with E-state index in [-0.39, 0.29) is 6.42 Å². The van der Waals surface area contributed by atoms with Gasteiger partial charge in [-0.1, -0.05) is 37.3 Å². The number of carboxylic acids is 1. The fourth-order valence-electron chi connectivity index (χ4n) is 2.90. The maximum absolute atomic E-state index is 10.7. The molecule has 1 saturated heterocycles. The molecule has 0 aliphatic carbocycles. The van der Waals surface area contributed by atoms with Crippen LogP contribution in [0, 0.1) is 5.92 Å². The van der Waals surface area contributed by atoms with Gasteiger partial charge in [0.1, 0.15) is 0 Å². The molecule has 2 atom stereocenters. The topological polar surface area (TPSA) is 52.6 Å². The predicted octanol–water partition coefficient (Wildman–Crippen LogP) is 1.96. The third-order valence-corrected chi connectivity index (χ3v) is 3.81. The zero-order valence-electron chi connectivity index (χ0n) is 12.1. The van der Waals surface area contributed by atoms with Crippen LogP contribution in [-0.4, -0.2) is 41.7 Å². The molecule has 1 fully saturated rings. The first-order valence-corrected chi connectivity index (χ1v) is 7.35. The third kappa shape index (κ3) is 4.94. The Bertz CT molecular complexity index is 422. The fourth-order valence-corrected chi connectivity index (χ4v) is 2.90. The van der Waals surface area contributed by atoms with Crippen molar-refractivity contribution in [2.75, 3.05) is 19.6 Å². The molecule has 1 aromatic carbocycles. The Balaban J connectivity index is 1.80. The summed E-state index contributed by atoms with van der Waals surface area (Å²) in [6, 6.07) is 10.8. The van der Waals surface area contributed by atoms with Crippen molar-refractivity contribution in [3.8, 4) is 0 Å². The molecular formula is C16H24N2O2. The van der Waals surface area contributed by atoms with Crippen LogP contribution in [0.2, 0.25) is 0 Å². The Morgan fingerprint density at radius 3 is 2.80 bits per heavy atom. The molecule has 0 bridgehead atoms. The zero-order chi connectivity index (χ0) is 14.4. The molecule has 1 aromatic rings. The summed E-state index contributed by atoms with van der Waals surface area (Å²) in [5, 5.41) is 12.4. The standard InChI is InChI=1S/C16H24N2O2/c1-13-9-15(12-18(11-13)8-7-16(19)20)17-10-14-5-3-2-4-6-14/h2-6,13,15,17H,7-12H2,1H3,(H,19,20). The summed E-state index contributed by atoms with van der Waals surface area (Å²) in [5.41, 5.74) is 1.29. The highest BCUT2D eigenvalue weighted by atomic mass is 16.4. The molecule has 0 spiro atoms. The highest BCUT2D eigenvalue weighted by molar-refractivity contribution is 5.66. The molecule has 1 aliphatic rings. The van der Waals surface area contributed by atoms with Gasteiger partial charge in [-0.25, -0.2) is 0 Å². The van der Waals surface area contributed by atoms with E-state index in [1.807, 2.05) is 6.07 Å². The molecule has 20 heavy (non-hydrogen) atoms. The van der Waals surface area contributed by atoms with Crippen LogP contribution in [0.3, 0.4) is 0 Å². The van der Waals surface area contributed by atoms with Crippen molar-refractivity contribution in [2.45, 2.75) is 32.4 Å². The van der Waals surface area contributed by atoms with Gasteiger partial charge in [-0.2, -0.15) is 0 Å². The summed E-state index contributed by atoms with van der Waals surface area (Å²) in [4.78, 5) is 12.9. The fraction of sp³-hybridized carbons (Fsp3) is 0.562. The molecule has 110 valence electrons. The number of piperidine rings is 1. The third-order valence-electron chi connectivity index (χ3n) is 3.81. The maximum Gasteiger partial charge on any atom is 0.304 e. The zero-order valence-corrected chi connectivity index (χ0v) is 12.1. The van der Waals surface area contributed by atoms with Gasteiger partial charge < -0.3 is 15.3 Å². The molecule has 1 heterocycles. The molecule has 2 N–H and O–H groups in total. The summed E-state index contributed by atoms with van der Waals surface area (Å²) in [7, 11) is 0. The van der Waals surface area contributed by atoms with Crippen molar-refractivity contribution in [3.63, 3.8) is 0 Å². The Labute approximate surface area is 120 Å². The van der Waals surface area contributed by atoms with Crippen molar-refractivity contribution in [1.82, 2.24) is 10.2 Å². The van der Waals surface area contributed by atoms with Crippen LogP contribution in [0.4, 0.5) is 0 Å². The number of nitrogens with zero attached hydrogens (tertiary/aromatic N) is 1. The van der Waals surface area contributed by atoms with E-state index < -0.39 is 5.97 Å². The summed E-state index contributed by atoms with van der Waals surface area (Å²) in [5.74, 6) is -0.0946. The van der Waals surface area contributed by atoms with Gasteiger partial charge >= 0.3 is 5.97 Å². The van der Waals surface area contributed by atoms with E-state index in [0.29, 0.717) is 18.5 Å². The second-order valence-corrected chi connectivity index (χ2v) is 5.81. The van der Waals surface area contributed by atoms with E-state index in [1.165, 1.54) is 5.56 Å². The van der Waals surface area contributed by atoms with Gasteiger partial charge in [-0.05, 0) is 17.9 Å². The summed E-state index contributed by atoms with van der Waals surface area (Å²) in [6.07, 6.45) is 1.40. The lowest BCUT2D eigenvalue weighted by Crippen LogP contribution is -2.48. The first-order chi connectivity index (χ1) is 9.63. The van der Waals surface area contributed by atoms with Crippen LogP contribution in [0.1, 0.15) is 25.3 Å². The number of hydrogen-bond acceptors (Lipinski definition) is 3.